The molecule has 0 aliphatic rings. The smallest absolute Gasteiger partial charge is 0.166 e. The van der Waals surface area contributed by atoms with Crippen LogP contribution in [0.5, 0.6) is 0 Å². The Morgan fingerprint density at radius 1 is 1.54 bits per heavy atom. The summed E-state index contributed by atoms with van der Waals surface area (Å²) in [4.78, 5) is 0. The minimum absolute atomic E-state index is 0.351. The van der Waals surface area contributed by atoms with Crippen molar-refractivity contribution >= 4 is 11.6 Å². The molecule has 0 radical (unpaired) electrons. The molecule has 0 amide bonds. The molecular weight excluding hydrogens is 188 g/mol. The Hall–Kier alpha value is -0.640. The Morgan fingerprint density at radius 2 is 2.31 bits per heavy atom. The van der Waals surface area contributed by atoms with E-state index in [1.807, 2.05) is 4.68 Å². The molecule has 74 valence electrons. The van der Waals surface area contributed by atoms with Gasteiger partial charge >= 0.3 is 0 Å². The number of rotatable bonds is 5. The molecule has 13 heavy (non-hydrogen) atoms. The highest BCUT2D eigenvalue weighted by molar-refractivity contribution is 6.16. The van der Waals surface area contributed by atoms with Crippen molar-refractivity contribution in [2.24, 2.45) is 0 Å². The topological polar surface area (TPSA) is 43.6 Å². The molecule has 1 rings (SSSR count). The number of aromatic nitrogens is 4. The predicted molar refractivity (Wildman–Crippen MR) is 51.6 cm³/mol. The fourth-order valence-electron chi connectivity index (χ4n) is 1.26. The van der Waals surface area contributed by atoms with Gasteiger partial charge in [-0.2, -0.15) is 0 Å². The van der Waals surface area contributed by atoms with E-state index in [0.29, 0.717) is 11.9 Å². The second kappa shape index (κ2) is 5.17. The lowest BCUT2D eigenvalue weighted by Crippen LogP contribution is -2.10. The normalized spacial score (nSPS) is 13.2. The lowest BCUT2D eigenvalue weighted by Gasteiger charge is -2.11. The van der Waals surface area contributed by atoms with Crippen LogP contribution in [-0.4, -0.2) is 20.2 Å². The molecule has 0 spiro atoms. The molecular formula is C8H15ClN4. The molecule has 5 heteroatoms. The molecule has 4 nitrogen and oxygen atoms in total. The molecule has 0 fully saturated rings. The first-order valence-corrected chi connectivity index (χ1v) is 5.15. The molecule has 0 saturated carbocycles. The number of halogens is 1. The predicted octanol–water partition coefficient (Wildman–Crippen LogP) is 2.16. The van der Waals surface area contributed by atoms with Gasteiger partial charge < -0.3 is 0 Å². The van der Waals surface area contributed by atoms with E-state index < -0.39 is 0 Å². The van der Waals surface area contributed by atoms with Gasteiger partial charge in [0, 0.05) is 0 Å². The van der Waals surface area contributed by atoms with Gasteiger partial charge in [-0.25, -0.2) is 4.68 Å². The molecule has 1 heterocycles. The van der Waals surface area contributed by atoms with Crippen LogP contribution in [0.2, 0.25) is 0 Å². The zero-order valence-corrected chi connectivity index (χ0v) is 8.83. The molecule has 0 aromatic carbocycles. The van der Waals surface area contributed by atoms with E-state index in [2.05, 4.69) is 29.4 Å². The lowest BCUT2D eigenvalue weighted by atomic mass is 10.1. The number of alkyl halides is 1. The summed E-state index contributed by atoms with van der Waals surface area (Å²) >= 11 is 5.69. The summed E-state index contributed by atoms with van der Waals surface area (Å²) in [6.07, 6.45) is 3.50. The summed E-state index contributed by atoms with van der Waals surface area (Å²) in [6, 6.07) is 0.351. The van der Waals surface area contributed by atoms with E-state index in [1.165, 1.54) is 12.8 Å². The molecule has 0 N–H and O–H groups in total. The highest BCUT2D eigenvalue weighted by atomic mass is 35.5. The first-order valence-electron chi connectivity index (χ1n) is 4.62. The quantitative estimate of drug-likeness (QED) is 0.688. The van der Waals surface area contributed by atoms with Crippen LogP contribution >= 0.6 is 11.6 Å². The Labute approximate surface area is 83.3 Å². The van der Waals surface area contributed by atoms with Crippen molar-refractivity contribution in [2.75, 3.05) is 0 Å². The average Bonchev–Trinajstić information content (AvgIpc) is 2.61. The number of hydrogen-bond donors (Lipinski definition) is 0. The molecule has 1 atom stereocenters. The summed E-state index contributed by atoms with van der Waals surface area (Å²) in [5.74, 6) is 1.13. The Morgan fingerprint density at radius 3 is 2.92 bits per heavy atom. The molecule has 0 bridgehead atoms. The van der Waals surface area contributed by atoms with Crippen molar-refractivity contribution in [1.82, 2.24) is 20.2 Å². The molecule has 0 saturated heterocycles. The maximum atomic E-state index is 5.69. The SMILES string of the molecule is CCCCC(C)n1nnnc1CCl. The zero-order valence-electron chi connectivity index (χ0n) is 8.07. The van der Waals surface area contributed by atoms with Crippen LogP contribution in [0.4, 0.5) is 0 Å². The Kier molecular flexibility index (Phi) is 4.15. The minimum atomic E-state index is 0.351. The third-order valence-electron chi connectivity index (χ3n) is 2.07. The van der Waals surface area contributed by atoms with Crippen LogP contribution in [0.25, 0.3) is 0 Å². The monoisotopic (exact) mass is 202 g/mol. The van der Waals surface area contributed by atoms with Crippen LogP contribution in [0, 0.1) is 0 Å². The second-order valence-corrected chi connectivity index (χ2v) is 3.43. The molecule has 0 aliphatic carbocycles. The fourth-order valence-corrected chi connectivity index (χ4v) is 1.44. The molecule has 1 aromatic rings. The van der Waals surface area contributed by atoms with Crippen molar-refractivity contribution in [3.8, 4) is 0 Å². The van der Waals surface area contributed by atoms with E-state index in [4.69, 9.17) is 11.6 Å². The van der Waals surface area contributed by atoms with Crippen LogP contribution < -0.4 is 0 Å². The van der Waals surface area contributed by atoms with Crippen molar-refractivity contribution in [3.63, 3.8) is 0 Å². The van der Waals surface area contributed by atoms with E-state index in [1.54, 1.807) is 0 Å². The van der Waals surface area contributed by atoms with Gasteiger partial charge in [0.2, 0.25) is 0 Å². The first-order chi connectivity index (χ1) is 6.29. The largest absolute Gasteiger partial charge is 0.226 e. The lowest BCUT2D eigenvalue weighted by molar-refractivity contribution is 0.424. The summed E-state index contributed by atoms with van der Waals surface area (Å²) in [5.41, 5.74) is 0. The van der Waals surface area contributed by atoms with E-state index in [0.717, 1.165) is 12.2 Å². The third-order valence-corrected chi connectivity index (χ3v) is 2.31. The maximum Gasteiger partial charge on any atom is 0.166 e. The van der Waals surface area contributed by atoms with Crippen LogP contribution in [0.3, 0.4) is 0 Å². The van der Waals surface area contributed by atoms with E-state index in [9.17, 15) is 0 Å². The van der Waals surface area contributed by atoms with Crippen LogP contribution in [-0.2, 0) is 5.88 Å². The van der Waals surface area contributed by atoms with Gasteiger partial charge in [-0.3, -0.25) is 0 Å². The van der Waals surface area contributed by atoms with Crippen molar-refractivity contribution in [1.29, 1.82) is 0 Å². The highest BCUT2D eigenvalue weighted by Crippen LogP contribution is 2.14. The van der Waals surface area contributed by atoms with Gasteiger partial charge in [-0.15, -0.1) is 16.7 Å². The average molecular weight is 203 g/mol. The van der Waals surface area contributed by atoms with Crippen LogP contribution in [0.1, 0.15) is 45.0 Å². The fraction of sp³-hybridized carbons (Fsp3) is 0.875. The number of tetrazole rings is 1. The Bertz CT molecular complexity index is 248. The van der Waals surface area contributed by atoms with Crippen molar-refractivity contribution in [2.45, 2.75) is 45.0 Å². The van der Waals surface area contributed by atoms with Gasteiger partial charge in [0.05, 0.1) is 11.9 Å². The zero-order chi connectivity index (χ0) is 9.68. The van der Waals surface area contributed by atoms with Crippen molar-refractivity contribution in [3.05, 3.63) is 5.82 Å². The van der Waals surface area contributed by atoms with Gasteiger partial charge in [-0.05, 0) is 23.8 Å². The highest BCUT2D eigenvalue weighted by Gasteiger charge is 2.10. The summed E-state index contributed by atoms with van der Waals surface area (Å²) < 4.78 is 1.81. The molecule has 1 aromatic heterocycles. The summed E-state index contributed by atoms with van der Waals surface area (Å²) in [5, 5.41) is 11.3. The summed E-state index contributed by atoms with van der Waals surface area (Å²) in [6.45, 7) is 4.29. The number of hydrogen-bond acceptors (Lipinski definition) is 3. The minimum Gasteiger partial charge on any atom is -0.226 e. The molecule has 1 unspecified atom stereocenters. The summed E-state index contributed by atoms with van der Waals surface area (Å²) in [7, 11) is 0. The van der Waals surface area contributed by atoms with Gasteiger partial charge in [0.15, 0.2) is 5.82 Å². The van der Waals surface area contributed by atoms with E-state index in [-0.39, 0.29) is 0 Å². The van der Waals surface area contributed by atoms with Gasteiger partial charge in [0.1, 0.15) is 0 Å². The number of nitrogens with zero attached hydrogens (tertiary/aromatic N) is 4. The van der Waals surface area contributed by atoms with Crippen LogP contribution in [0.15, 0.2) is 0 Å². The number of unbranched alkanes of at least 4 members (excludes halogenated alkanes) is 1. The first kappa shape index (κ1) is 10.4. The Balaban J connectivity index is 2.59. The third kappa shape index (κ3) is 2.66. The maximum absolute atomic E-state index is 5.69. The second-order valence-electron chi connectivity index (χ2n) is 3.16. The molecule has 0 aliphatic heterocycles. The van der Waals surface area contributed by atoms with Crippen molar-refractivity contribution < 1.29 is 0 Å². The van der Waals surface area contributed by atoms with E-state index >= 15 is 0 Å². The van der Waals surface area contributed by atoms with Gasteiger partial charge in [0.25, 0.3) is 0 Å². The van der Waals surface area contributed by atoms with Gasteiger partial charge in [-0.1, -0.05) is 19.8 Å². The standard InChI is InChI=1S/C8H15ClN4/c1-3-4-5-7(2)13-8(6-9)10-11-12-13/h7H,3-6H2,1-2H3.